The van der Waals surface area contributed by atoms with Crippen molar-refractivity contribution in [1.29, 1.82) is 0 Å². The minimum atomic E-state index is -0.519. The second-order valence-corrected chi connectivity index (χ2v) is 5.96. The molecule has 0 spiro atoms. The van der Waals surface area contributed by atoms with Crippen LogP contribution >= 0.6 is 11.6 Å². The number of H-pyrrole nitrogens is 1. The number of benzene rings is 2. The van der Waals surface area contributed by atoms with Gasteiger partial charge in [0.25, 0.3) is 5.91 Å². The van der Waals surface area contributed by atoms with Crippen LogP contribution < -0.4 is 5.43 Å². The van der Waals surface area contributed by atoms with Gasteiger partial charge in [0.2, 0.25) is 0 Å². The maximum atomic E-state index is 13.6. The Hall–Kier alpha value is -2.99. The highest BCUT2D eigenvalue weighted by Crippen LogP contribution is 2.19. The van der Waals surface area contributed by atoms with Crippen molar-refractivity contribution in [1.82, 2.24) is 15.6 Å². The van der Waals surface area contributed by atoms with Gasteiger partial charge in [0.1, 0.15) is 11.5 Å². The molecule has 0 fully saturated rings. The van der Waals surface area contributed by atoms with E-state index in [4.69, 9.17) is 11.6 Å². The molecule has 5 nitrogen and oxygen atoms in total. The standard InChI is InChI=1S/C19H16ClFN4O/c1-2-12-6-8-13(9-7-12)17-10-18(24-23-17)19(26)25-22-11-14-15(20)4-3-5-16(14)21/h3-11H,2H2,1H3,(H,23,24)(H,25,26)/b22-11+. The topological polar surface area (TPSA) is 70.1 Å². The lowest BCUT2D eigenvalue weighted by Crippen LogP contribution is -2.18. The largest absolute Gasteiger partial charge is 0.289 e. The SMILES string of the molecule is CCc1ccc(-c2cc(C(=O)N/N=C/c3c(F)cccc3Cl)[nH]n2)cc1. The Morgan fingerprint density at radius 3 is 2.77 bits per heavy atom. The molecule has 1 aromatic heterocycles. The molecule has 3 rings (SSSR count). The third-order valence-electron chi connectivity index (χ3n) is 3.84. The quantitative estimate of drug-likeness (QED) is 0.522. The number of aromatic nitrogens is 2. The number of amides is 1. The summed E-state index contributed by atoms with van der Waals surface area (Å²) in [6, 6.07) is 13.9. The first-order valence-electron chi connectivity index (χ1n) is 8.00. The van der Waals surface area contributed by atoms with E-state index in [2.05, 4.69) is 27.6 Å². The highest BCUT2D eigenvalue weighted by molar-refractivity contribution is 6.33. The van der Waals surface area contributed by atoms with Crippen molar-refractivity contribution in [3.05, 3.63) is 76.2 Å². The van der Waals surface area contributed by atoms with Gasteiger partial charge in [0.05, 0.1) is 16.9 Å². The Bertz CT molecular complexity index is 930. The number of carbonyl (C=O) groups is 1. The van der Waals surface area contributed by atoms with Gasteiger partial charge >= 0.3 is 0 Å². The summed E-state index contributed by atoms with van der Waals surface area (Å²) in [5.74, 6) is -1.01. The highest BCUT2D eigenvalue weighted by atomic mass is 35.5. The van der Waals surface area contributed by atoms with Crippen LogP contribution in [0.3, 0.4) is 0 Å². The van der Waals surface area contributed by atoms with Crippen LogP contribution in [0, 0.1) is 5.82 Å². The normalized spacial score (nSPS) is 11.0. The molecule has 0 atom stereocenters. The Morgan fingerprint density at radius 2 is 2.08 bits per heavy atom. The molecule has 0 unspecified atom stereocenters. The lowest BCUT2D eigenvalue weighted by Gasteiger charge is -2.00. The average Bonchev–Trinajstić information content (AvgIpc) is 3.14. The van der Waals surface area contributed by atoms with Crippen LogP contribution in [0.4, 0.5) is 4.39 Å². The maximum Gasteiger partial charge on any atom is 0.289 e. The summed E-state index contributed by atoms with van der Waals surface area (Å²) in [6.45, 7) is 2.08. The number of rotatable bonds is 5. The second-order valence-electron chi connectivity index (χ2n) is 5.55. The van der Waals surface area contributed by atoms with Crippen LogP contribution in [0.5, 0.6) is 0 Å². The molecular formula is C19H16ClFN4O. The number of nitrogens with zero attached hydrogens (tertiary/aromatic N) is 2. The van der Waals surface area contributed by atoms with E-state index >= 15 is 0 Å². The minimum absolute atomic E-state index is 0.107. The predicted octanol–water partition coefficient (Wildman–Crippen LogP) is 4.20. The van der Waals surface area contributed by atoms with Crippen LogP contribution in [-0.4, -0.2) is 22.3 Å². The summed E-state index contributed by atoms with van der Waals surface area (Å²) in [5, 5.41) is 10.8. The van der Waals surface area contributed by atoms with Gasteiger partial charge in [-0.15, -0.1) is 0 Å². The van der Waals surface area contributed by atoms with Crippen molar-refractivity contribution in [3.8, 4) is 11.3 Å². The van der Waals surface area contributed by atoms with Gasteiger partial charge in [0.15, 0.2) is 0 Å². The van der Waals surface area contributed by atoms with Crippen LogP contribution in [0.1, 0.15) is 28.5 Å². The third kappa shape index (κ3) is 3.97. The van der Waals surface area contributed by atoms with Crippen molar-refractivity contribution in [2.24, 2.45) is 5.10 Å². The first-order chi connectivity index (χ1) is 12.6. The van der Waals surface area contributed by atoms with Crippen molar-refractivity contribution in [2.75, 3.05) is 0 Å². The number of hydrogen-bond acceptors (Lipinski definition) is 3. The smallest absolute Gasteiger partial charge is 0.272 e. The second kappa shape index (κ2) is 7.93. The summed E-state index contributed by atoms with van der Waals surface area (Å²) < 4.78 is 13.6. The molecule has 3 aromatic rings. The average molecular weight is 371 g/mol. The van der Waals surface area contributed by atoms with E-state index in [0.29, 0.717) is 5.69 Å². The van der Waals surface area contributed by atoms with Gasteiger partial charge in [-0.3, -0.25) is 9.89 Å². The molecule has 0 saturated heterocycles. The molecule has 0 aliphatic carbocycles. The molecule has 2 aromatic carbocycles. The number of aromatic amines is 1. The first kappa shape index (κ1) is 17.8. The molecule has 0 saturated carbocycles. The molecule has 132 valence electrons. The van der Waals surface area contributed by atoms with Gasteiger partial charge in [0, 0.05) is 11.1 Å². The van der Waals surface area contributed by atoms with Crippen LogP contribution in [0.15, 0.2) is 53.6 Å². The zero-order valence-electron chi connectivity index (χ0n) is 14.0. The molecule has 0 aliphatic heterocycles. The number of halogens is 2. The summed E-state index contributed by atoms with van der Waals surface area (Å²) in [6.07, 6.45) is 2.12. The fourth-order valence-electron chi connectivity index (χ4n) is 2.35. The van der Waals surface area contributed by atoms with Gasteiger partial charge in [-0.2, -0.15) is 10.2 Å². The molecule has 26 heavy (non-hydrogen) atoms. The molecule has 2 N–H and O–H groups in total. The molecule has 0 aliphatic rings. The van der Waals surface area contributed by atoms with E-state index in [1.54, 1.807) is 12.1 Å². The maximum absolute atomic E-state index is 13.6. The highest BCUT2D eigenvalue weighted by Gasteiger charge is 2.11. The van der Waals surface area contributed by atoms with E-state index in [1.807, 2.05) is 24.3 Å². The zero-order valence-corrected chi connectivity index (χ0v) is 14.7. The van der Waals surface area contributed by atoms with Crippen molar-refractivity contribution < 1.29 is 9.18 Å². The van der Waals surface area contributed by atoms with E-state index in [9.17, 15) is 9.18 Å². The fourth-order valence-corrected chi connectivity index (χ4v) is 2.56. The van der Waals surface area contributed by atoms with Crippen molar-refractivity contribution in [3.63, 3.8) is 0 Å². The molecule has 1 heterocycles. The molecule has 0 radical (unpaired) electrons. The number of aryl methyl sites for hydroxylation is 1. The van der Waals surface area contributed by atoms with E-state index in [-0.39, 0.29) is 16.3 Å². The molecule has 1 amide bonds. The number of hydrogen-bond donors (Lipinski definition) is 2. The monoisotopic (exact) mass is 370 g/mol. The third-order valence-corrected chi connectivity index (χ3v) is 4.17. The molecular weight excluding hydrogens is 355 g/mol. The number of nitrogens with one attached hydrogen (secondary N) is 2. The number of hydrazone groups is 1. The minimum Gasteiger partial charge on any atom is -0.272 e. The lowest BCUT2D eigenvalue weighted by atomic mass is 10.1. The van der Waals surface area contributed by atoms with Crippen LogP contribution in [0.25, 0.3) is 11.3 Å². The first-order valence-corrected chi connectivity index (χ1v) is 8.38. The van der Waals surface area contributed by atoms with Gasteiger partial charge in [-0.1, -0.05) is 48.9 Å². The van der Waals surface area contributed by atoms with Gasteiger partial charge in [-0.25, -0.2) is 9.82 Å². The summed E-state index contributed by atoms with van der Waals surface area (Å²) >= 11 is 5.89. The number of carbonyl (C=O) groups excluding carboxylic acids is 1. The summed E-state index contributed by atoms with van der Waals surface area (Å²) in [4.78, 5) is 12.1. The van der Waals surface area contributed by atoms with E-state index in [0.717, 1.165) is 18.2 Å². The van der Waals surface area contributed by atoms with Crippen LogP contribution in [-0.2, 0) is 6.42 Å². The fraction of sp³-hybridized carbons (Fsp3) is 0.105. The zero-order chi connectivity index (χ0) is 18.5. The molecule has 0 bridgehead atoms. The Balaban J connectivity index is 1.69. The lowest BCUT2D eigenvalue weighted by molar-refractivity contribution is 0.0950. The van der Waals surface area contributed by atoms with Gasteiger partial charge < -0.3 is 0 Å². The Morgan fingerprint density at radius 1 is 1.31 bits per heavy atom. The van der Waals surface area contributed by atoms with E-state index in [1.165, 1.54) is 17.7 Å². The van der Waals surface area contributed by atoms with Crippen molar-refractivity contribution in [2.45, 2.75) is 13.3 Å². The molecule has 7 heteroatoms. The van der Waals surface area contributed by atoms with Gasteiger partial charge in [-0.05, 0) is 30.2 Å². The Labute approximate surface area is 154 Å². The predicted molar refractivity (Wildman–Crippen MR) is 99.9 cm³/mol. The summed E-state index contributed by atoms with van der Waals surface area (Å²) in [7, 11) is 0. The Kier molecular flexibility index (Phi) is 5.43. The summed E-state index contributed by atoms with van der Waals surface area (Å²) in [5.41, 5.74) is 5.45. The van der Waals surface area contributed by atoms with E-state index < -0.39 is 11.7 Å². The van der Waals surface area contributed by atoms with Crippen LogP contribution in [0.2, 0.25) is 5.02 Å². The van der Waals surface area contributed by atoms with Crippen molar-refractivity contribution >= 4 is 23.7 Å².